The highest BCUT2D eigenvalue weighted by Crippen LogP contribution is 2.31. The number of hydrogen-bond donors (Lipinski definition) is 2. The van der Waals surface area contributed by atoms with Gasteiger partial charge in [0, 0.05) is 17.5 Å². The Labute approximate surface area is 159 Å². The zero-order valence-electron chi connectivity index (χ0n) is 13.6. The van der Waals surface area contributed by atoms with Crippen molar-refractivity contribution >= 4 is 29.9 Å². The first kappa shape index (κ1) is 18.4. The fourth-order valence-corrected chi connectivity index (χ4v) is 2.72. The Hall–Kier alpha value is -1.96. The summed E-state index contributed by atoms with van der Waals surface area (Å²) >= 11 is 0. The van der Waals surface area contributed by atoms with E-state index >= 15 is 0 Å². The standard InChI is InChI=1S/C18H21N3O2.HI/c1-22-16-8-4-2-6-13(16)12-20-18(19)21-15-10-11-23-17-9-5-3-7-14(15)17;/h2-9,15H,10-12H2,1H3,(H3,19,20,21);1H. The highest BCUT2D eigenvalue weighted by atomic mass is 127. The van der Waals surface area contributed by atoms with Crippen LogP contribution in [0, 0.1) is 0 Å². The molecule has 1 aliphatic rings. The molecule has 0 radical (unpaired) electrons. The maximum absolute atomic E-state index is 6.06. The van der Waals surface area contributed by atoms with E-state index < -0.39 is 0 Å². The summed E-state index contributed by atoms with van der Waals surface area (Å²) in [4.78, 5) is 4.43. The summed E-state index contributed by atoms with van der Waals surface area (Å²) in [5.41, 5.74) is 8.18. The fraction of sp³-hybridized carbons (Fsp3) is 0.278. The number of guanidine groups is 1. The second-order valence-corrected chi connectivity index (χ2v) is 5.39. The molecule has 1 aliphatic heterocycles. The summed E-state index contributed by atoms with van der Waals surface area (Å²) in [6, 6.07) is 15.9. The maximum Gasteiger partial charge on any atom is 0.189 e. The minimum absolute atomic E-state index is 0. The number of hydrogen-bond acceptors (Lipinski definition) is 3. The van der Waals surface area contributed by atoms with Crippen molar-refractivity contribution in [2.75, 3.05) is 13.7 Å². The number of halogens is 1. The van der Waals surface area contributed by atoms with Gasteiger partial charge in [-0.05, 0) is 12.1 Å². The minimum atomic E-state index is 0. The molecule has 0 fully saturated rings. The SMILES string of the molecule is COc1ccccc1CN=C(N)NC1CCOc2ccccc21.I. The van der Waals surface area contributed by atoms with E-state index in [1.807, 2.05) is 42.5 Å². The van der Waals surface area contributed by atoms with Crippen LogP contribution in [0.5, 0.6) is 11.5 Å². The quantitative estimate of drug-likeness (QED) is 0.436. The number of para-hydroxylation sites is 2. The molecule has 1 heterocycles. The van der Waals surface area contributed by atoms with Gasteiger partial charge in [-0.3, -0.25) is 0 Å². The van der Waals surface area contributed by atoms with Crippen molar-refractivity contribution in [2.24, 2.45) is 10.7 Å². The highest BCUT2D eigenvalue weighted by Gasteiger charge is 2.21. The number of nitrogens with one attached hydrogen (secondary N) is 1. The van der Waals surface area contributed by atoms with E-state index in [9.17, 15) is 0 Å². The molecular weight excluding hydrogens is 417 g/mol. The van der Waals surface area contributed by atoms with Crippen molar-refractivity contribution in [2.45, 2.75) is 19.0 Å². The number of rotatable bonds is 4. The summed E-state index contributed by atoms with van der Waals surface area (Å²) in [5, 5.41) is 3.29. The summed E-state index contributed by atoms with van der Waals surface area (Å²) in [6.07, 6.45) is 0.863. The zero-order valence-corrected chi connectivity index (χ0v) is 15.9. The van der Waals surface area contributed by atoms with Crippen LogP contribution in [0.25, 0.3) is 0 Å². The van der Waals surface area contributed by atoms with Crippen LogP contribution in [0.3, 0.4) is 0 Å². The fourth-order valence-electron chi connectivity index (χ4n) is 2.72. The maximum atomic E-state index is 6.06. The summed E-state index contributed by atoms with van der Waals surface area (Å²) in [7, 11) is 1.66. The van der Waals surface area contributed by atoms with Crippen LogP contribution in [0.4, 0.5) is 0 Å². The van der Waals surface area contributed by atoms with E-state index in [0.717, 1.165) is 29.0 Å². The van der Waals surface area contributed by atoms with Gasteiger partial charge in [-0.15, -0.1) is 24.0 Å². The Morgan fingerprint density at radius 2 is 2.00 bits per heavy atom. The van der Waals surface area contributed by atoms with E-state index in [4.69, 9.17) is 15.2 Å². The summed E-state index contributed by atoms with van der Waals surface area (Å²) < 4.78 is 11.0. The van der Waals surface area contributed by atoms with Gasteiger partial charge < -0.3 is 20.5 Å². The topological polar surface area (TPSA) is 68.9 Å². The van der Waals surface area contributed by atoms with Crippen LogP contribution < -0.4 is 20.5 Å². The van der Waals surface area contributed by atoms with Crippen LogP contribution in [0.2, 0.25) is 0 Å². The van der Waals surface area contributed by atoms with E-state index in [-0.39, 0.29) is 30.0 Å². The third-order valence-corrected chi connectivity index (χ3v) is 3.89. The largest absolute Gasteiger partial charge is 0.496 e. The summed E-state index contributed by atoms with van der Waals surface area (Å²) in [5.74, 6) is 2.16. The molecule has 2 aromatic rings. The van der Waals surface area contributed by atoms with Crippen LogP contribution in [0.15, 0.2) is 53.5 Å². The Morgan fingerprint density at radius 1 is 1.25 bits per heavy atom. The van der Waals surface area contributed by atoms with Crippen LogP contribution in [-0.4, -0.2) is 19.7 Å². The molecule has 0 amide bonds. The number of benzene rings is 2. The molecule has 2 aromatic carbocycles. The molecule has 0 saturated heterocycles. The summed E-state index contributed by atoms with van der Waals surface area (Å²) in [6.45, 7) is 1.15. The highest BCUT2D eigenvalue weighted by molar-refractivity contribution is 14.0. The number of methoxy groups -OCH3 is 1. The molecule has 0 spiro atoms. The molecule has 6 heteroatoms. The number of fused-ring (bicyclic) bond motifs is 1. The number of nitrogens with two attached hydrogens (primary N) is 1. The third kappa shape index (κ3) is 4.31. The first-order chi connectivity index (χ1) is 11.3. The minimum Gasteiger partial charge on any atom is -0.496 e. The first-order valence-corrected chi connectivity index (χ1v) is 7.68. The Morgan fingerprint density at radius 3 is 2.83 bits per heavy atom. The zero-order chi connectivity index (χ0) is 16.1. The van der Waals surface area contributed by atoms with Gasteiger partial charge in [-0.2, -0.15) is 0 Å². The Kier molecular flexibility index (Phi) is 6.72. The number of ether oxygens (including phenoxy) is 2. The molecule has 1 unspecified atom stereocenters. The second-order valence-electron chi connectivity index (χ2n) is 5.39. The Balaban J connectivity index is 0.00000208. The van der Waals surface area contributed by atoms with E-state index in [1.165, 1.54) is 0 Å². The molecular formula is C18H22IN3O2. The normalized spacial score (nSPS) is 16.4. The average molecular weight is 439 g/mol. The lowest BCUT2D eigenvalue weighted by Crippen LogP contribution is -2.37. The van der Waals surface area contributed by atoms with Crippen molar-refractivity contribution in [3.63, 3.8) is 0 Å². The van der Waals surface area contributed by atoms with Gasteiger partial charge in [-0.25, -0.2) is 4.99 Å². The Bertz CT molecular complexity index is 706. The molecule has 0 saturated carbocycles. The average Bonchev–Trinajstić information content (AvgIpc) is 2.60. The molecule has 24 heavy (non-hydrogen) atoms. The van der Waals surface area contributed by atoms with E-state index in [1.54, 1.807) is 7.11 Å². The monoisotopic (exact) mass is 439 g/mol. The molecule has 128 valence electrons. The number of aliphatic imine (C=N–C) groups is 1. The lowest BCUT2D eigenvalue weighted by Gasteiger charge is -2.26. The van der Waals surface area contributed by atoms with Gasteiger partial charge in [0.2, 0.25) is 0 Å². The van der Waals surface area contributed by atoms with Crippen molar-refractivity contribution in [3.8, 4) is 11.5 Å². The predicted octanol–water partition coefficient (Wildman–Crippen LogP) is 3.24. The molecule has 3 N–H and O–H groups in total. The molecule has 0 bridgehead atoms. The van der Waals surface area contributed by atoms with E-state index in [0.29, 0.717) is 19.1 Å². The lowest BCUT2D eigenvalue weighted by atomic mass is 10.0. The molecule has 0 aliphatic carbocycles. The molecule has 1 atom stereocenters. The molecule has 3 rings (SSSR count). The van der Waals surface area contributed by atoms with Crippen LogP contribution in [-0.2, 0) is 6.54 Å². The lowest BCUT2D eigenvalue weighted by molar-refractivity contribution is 0.262. The van der Waals surface area contributed by atoms with Crippen LogP contribution >= 0.6 is 24.0 Å². The van der Waals surface area contributed by atoms with Gasteiger partial charge >= 0.3 is 0 Å². The third-order valence-electron chi connectivity index (χ3n) is 3.89. The van der Waals surface area contributed by atoms with Crippen LogP contribution in [0.1, 0.15) is 23.6 Å². The van der Waals surface area contributed by atoms with Gasteiger partial charge in [-0.1, -0.05) is 36.4 Å². The first-order valence-electron chi connectivity index (χ1n) is 7.68. The molecule has 5 nitrogen and oxygen atoms in total. The molecule has 0 aromatic heterocycles. The van der Waals surface area contributed by atoms with Crippen molar-refractivity contribution in [1.82, 2.24) is 5.32 Å². The number of nitrogens with zero attached hydrogens (tertiary/aromatic N) is 1. The van der Waals surface area contributed by atoms with Gasteiger partial charge in [0.05, 0.1) is 26.3 Å². The second kappa shape index (κ2) is 8.77. The van der Waals surface area contributed by atoms with Crippen molar-refractivity contribution < 1.29 is 9.47 Å². The van der Waals surface area contributed by atoms with Gasteiger partial charge in [0.1, 0.15) is 11.5 Å². The predicted molar refractivity (Wildman–Crippen MR) is 106 cm³/mol. The van der Waals surface area contributed by atoms with E-state index in [2.05, 4.69) is 16.4 Å². The van der Waals surface area contributed by atoms with Crippen molar-refractivity contribution in [3.05, 3.63) is 59.7 Å². The smallest absolute Gasteiger partial charge is 0.189 e. The van der Waals surface area contributed by atoms with Gasteiger partial charge in [0.15, 0.2) is 5.96 Å². The van der Waals surface area contributed by atoms with Gasteiger partial charge in [0.25, 0.3) is 0 Å². The van der Waals surface area contributed by atoms with Crippen molar-refractivity contribution in [1.29, 1.82) is 0 Å².